The standard InChI is InChI=1S/C11H13N3O2/c1-8-5-10(16-2)3-4-11(8)14-6-9(7-15)12-13-14/h3-6,15H,7H2,1-2H3. The summed E-state index contributed by atoms with van der Waals surface area (Å²) in [6.45, 7) is 1.87. The zero-order valence-corrected chi connectivity index (χ0v) is 9.21. The molecular formula is C11H13N3O2. The molecule has 0 atom stereocenters. The fraction of sp³-hybridized carbons (Fsp3) is 0.273. The van der Waals surface area contributed by atoms with Gasteiger partial charge in [-0.15, -0.1) is 5.10 Å². The lowest BCUT2D eigenvalue weighted by Crippen LogP contribution is -1.98. The molecular weight excluding hydrogens is 206 g/mol. The first kappa shape index (κ1) is 10.6. The van der Waals surface area contributed by atoms with Crippen LogP contribution < -0.4 is 4.74 Å². The number of aromatic nitrogens is 3. The summed E-state index contributed by atoms with van der Waals surface area (Å²) in [6, 6.07) is 5.70. The first-order chi connectivity index (χ1) is 7.74. The Morgan fingerprint density at radius 2 is 2.25 bits per heavy atom. The van der Waals surface area contributed by atoms with Crippen LogP contribution >= 0.6 is 0 Å². The second-order valence-corrected chi connectivity index (χ2v) is 3.46. The first-order valence-corrected chi connectivity index (χ1v) is 4.91. The van der Waals surface area contributed by atoms with E-state index in [1.54, 1.807) is 18.0 Å². The monoisotopic (exact) mass is 219 g/mol. The maximum absolute atomic E-state index is 8.91. The highest BCUT2D eigenvalue weighted by molar-refractivity contribution is 5.44. The lowest BCUT2D eigenvalue weighted by molar-refractivity contribution is 0.276. The van der Waals surface area contributed by atoms with Gasteiger partial charge in [0.15, 0.2) is 0 Å². The van der Waals surface area contributed by atoms with Gasteiger partial charge < -0.3 is 9.84 Å². The number of ether oxygens (including phenoxy) is 1. The highest BCUT2D eigenvalue weighted by Gasteiger charge is 2.05. The van der Waals surface area contributed by atoms with Gasteiger partial charge in [-0.2, -0.15) is 0 Å². The highest BCUT2D eigenvalue weighted by atomic mass is 16.5. The van der Waals surface area contributed by atoms with Gasteiger partial charge in [0.25, 0.3) is 0 Å². The van der Waals surface area contributed by atoms with E-state index in [1.165, 1.54) is 0 Å². The fourth-order valence-electron chi connectivity index (χ4n) is 1.50. The number of nitrogens with zero attached hydrogens (tertiary/aromatic N) is 3. The molecule has 2 aromatic rings. The van der Waals surface area contributed by atoms with Crippen LogP contribution in [0, 0.1) is 6.92 Å². The fourth-order valence-corrected chi connectivity index (χ4v) is 1.50. The minimum absolute atomic E-state index is 0.102. The number of benzene rings is 1. The van der Waals surface area contributed by atoms with Gasteiger partial charge in [-0.05, 0) is 30.7 Å². The quantitative estimate of drug-likeness (QED) is 0.839. The van der Waals surface area contributed by atoms with Crippen LogP contribution in [0.3, 0.4) is 0 Å². The molecule has 1 heterocycles. The van der Waals surface area contributed by atoms with E-state index in [9.17, 15) is 0 Å². The third-order valence-corrected chi connectivity index (χ3v) is 2.35. The van der Waals surface area contributed by atoms with E-state index in [-0.39, 0.29) is 6.61 Å². The summed E-state index contributed by atoms with van der Waals surface area (Å²) in [4.78, 5) is 0. The molecule has 1 aromatic heterocycles. The maximum atomic E-state index is 8.91. The molecule has 0 unspecified atom stereocenters. The van der Waals surface area contributed by atoms with E-state index >= 15 is 0 Å². The minimum atomic E-state index is -0.102. The second-order valence-electron chi connectivity index (χ2n) is 3.46. The van der Waals surface area contributed by atoms with E-state index in [2.05, 4.69) is 10.3 Å². The Balaban J connectivity index is 2.40. The number of aliphatic hydroxyl groups is 1. The summed E-state index contributed by atoms with van der Waals surface area (Å²) in [6.07, 6.45) is 1.70. The first-order valence-electron chi connectivity index (χ1n) is 4.91. The Morgan fingerprint density at radius 1 is 1.44 bits per heavy atom. The Labute approximate surface area is 93.3 Å². The Hall–Kier alpha value is -1.88. The van der Waals surface area contributed by atoms with Crippen molar-refractivity contribution < 1.29 is 9.84 Å². The summed E-state index contributed by atoms with van der Waals surface area (Å²) < 4.78 is 6.77. The van der Waals surface area contributed by atoms with Crippen LogP contribution in [0.2, 0.25) is 0 Å². The van der Waals surface area contributed by atoms with Crippen molar-refractivity contribution >= 4 is 0 Å². The van der Waals surface area contributed by atoms with Crippen LogP contribution in [0.25, 0.3) is 5.69 Å². The molecule has 0 amide bonds. The van der Waals surface area contributed by atoms with E-state index in [1.807, 2.05) is 25.1 Å². The summed E-state index contributed by atoms with van der Waals surface area (Å²) >= 11 is 0. The highest BCUT2D eigenvalue weighted by Crippen LogP contribution is 2.19. The molecule has 2 rings (SSSR count). The lowest BCUT2D eigenvalue weighted by Gasteiger charge is -2.06. The molecule has 0 bridgehead atoms. The number of aliphatic hydroxyl groups excluding tert-OH is 1. The molecule has 16 heavy (non-hydrogen) atoms. The predicted molar refractivity (Wildman–Crippen MR) is 58.6 cm³/mol. The van der Waals surface area contributed by atoms with Gasteiger partial charge in [0, 0.05) is 0 Å². The van der Waals surface area contributed by atoms with Crippen LogP contribution in [-0.4, -0.2) is 27.2 Å². The van der Waals surface area contributed by atoms with Crippen molar-refractivity contribution in [3.8, 4) is 11.4 Å². The van der Waals surface area contributed by atoms with Gasteiger partial charge in [0.2, 0.25) is 0 Å². The van der Waals surface area contributed by atoms with Crippen molar-refractivity contribution in [1.29, 1.82) is 0 Å². The van der Waals surface area contributed by atoms with E-state index < -0.39 is 0 Å². The Morgan fingerprint density at radius 3 is 2.81 bits per heavy atom. The molecule has 0 radical (unpaired) electrons. The topological polar surface area (TPSA) is 60.2 Å². The third kappa shape index (κ3) is 1.90. The van der Waals surface area contributed by atoms with Crippen LogP contribution in [-0.2, 0) is 6.61 Å². The van der Waals surface area contributed by atoms with Gasteiger partial charge in [-0.1, -0.05) is 5.21 Å². The number of hydrogen-bond acceptors (Lipinski definition) is 4. The van der Waals surface area contributed by atoms with Crippen LogP contribution in [0.4, 0.5) is 0 Å². The molecule has 5 nitrogen and oxygen atoms in total. The summed E-state index contributed by atoms with van der Waals surface area (Å²) in [5, 5.41) is 16.7. The van der Waals surface area contributed by atoms with E-state index in [0.717, 1.165) is 17.0 Å². The average Bonchev–Trinajstić information content (AvgIpc) is 2.77. The van der Waals surface area contributed by atoms with Crippen LogP contribution in [0.5, 0.6) is 5.75 Å². The van der Waals surface area contributed by atoms with Crippen molar-refractivity contribution in [2.24, 2.45) is 0 Å². The smallest absolute Gasteiger partial charge is 0.119 e. The summed E-state index contributed by atoms with van der Waals surface area (Å²) in [7, 11) is 1.63. The van der Waals surface area contributed by atoms with Gasteiger partial charge in [-0.3, -0.25) is 0 Å². The van der Waals surface area contributed by atoms with Crippen LogP contribution in [0.1, 0.15) is 11.3 Å². The predicted octanol–water partition coefficient (Wildman–Crippen LogP) is 1.08. The minimum Gasteiger partial charge on any atom is -0.497 e. The normalized spacial score (nSPS) is 10.4. The van der Waals surface area contributed by atoms with Gasteiger partial charge in [0.1, 0.15) is 11.4 Å². The molecule has 0 saturated carbocycles. The molecule has 0 spiro atoms. The van der Waals surface area contributed by atoms with Crippen molar-refractivity contribution in [3.05, 3.63) is 35.7 Å². The molecule has 1 N–H and O–H groups in total. The SMILES string of the molecule is COc1ccc(-n2cc(CO)nn2)c(C)c1. The molecule has 0 saturated heterocycles. The van der Waals surface area contributed by atoms with Gasteiger partial charge in [-0.25, -0.2) is 4.68 Å². The van der Waals surface area contributed by atoms with Crippen molar-refractivity contribution in [2.75, 3.05) is 7.11 Å². The van der Waals surface area contributed by atoms with E-state index in [0.29, 0.717) is 5.69 Å². The average molecular weight is 219 g/mol. The zero-order chi connectivity index (χ0) is 11.5. The Bertz CT molecular complexity index is 494. The molecule has 84 valence electrons. The third-order valence-electron chi connectivity index (χ3n) is 2.35. The van der Waals surface area contributed by atoms with Crippen molar-refractivity contribution in [3.63, 3.8) is 0 Å². The van der Waals surface area contributed by atoms with Crippen molar-refractivity contribution in [2.45, 2.75) is 13.5 Å². The second kappa shape index (κ2) is 4.32. The van der Waals surface area contributed by atoms with Crippen molar-refractivity contribution in [1.82, 2.24) is 15.0 Å². The summed E-state index contributed by atoms with van der Waals surface area (Å²) in [5.41, 5.74) is 2.51. The Kier molecular flexibility index (Phi) is 2.87. The summed E-state index contributed by atoms with van der Waals surface area (Å²) in [5.74, 6) is 0.809. The molecule has 0 fully saturated rings. The van der Waals surface area contributed by atoms with E-state index in [4.69, 9.17) is 9.84 Å². The molecule has 0 aliphatic carbocycles. The molecule has 0 aliphatic rings. The molecule has 5 heteroatoms. The zero-order valence-electron chi connectivity index (χ0n) is 9.21. The van der Waals surface area contributed by atoms with Gasteiger partial charge >= 0.3 is 0 Å². The van der Waals surface area contributed by atoms with Crippen LogP contribution in [0.15, 0.2) is 24.4 Å². The molecule has 0 aliphatic heterocycles. The number of rotatable bonds is 3. The lowest BCUT2D eigenvalue weighted by atomic mass is 10.2. The number of hydrogen-bond donors (Lipinski definition) is 1. The maximum Gasteiger partial charge on any atom is 0.119 e. The number of aryl methyl sites for hydroxylation is 1. The largest absolute Gasteiger partial charge is 0.497 e. The number of methoxy groups -OCH3 is 1. The van der Waals surface area contributed by atoms with Gasteiger partial charge in [0.05, 0.1) is 25.6 Å². The molecule has 1 aromatic carbocycles.